The normalized spacial score (nSPS) is 10.5. The summed E-state index contributed by atoms with van der Waals surface area (Å²) in [5.41, 5.74) is -0.996. The third-order valence-electron chi connectivity index (χ3n) is 2.42. The fraction of sp³-hybridized carbons (Fsp3) is 0.727. The lowest BCUT2D eigenvalue weighted by Gasteiger charge is -2.24. The van der Waals surface area contributed by atoms with E-state index in [2.05, 4.69) is 5.32 Å². The lowest BCUT2D eigenvalue weighted by molar-refractivity contribution is -0.146. The summed E-state index contributed by atoms with van der Waals surface area (Å²) >= 11 is 0. The van der Waals surface area contributed by atoms with Gasteiger partial charge in [0.2, 0.25) is 0 Å². The number of rotatable bonds is 6. The Morgan fingerprint density at radius 2 is 2.06 bits per heavy atom. The number of amides is 2. The molecule has 96 valence electrons. The Labute approximate surface area is 101 Å². The number of hydrogen-bond acceptors (Lipinski definition) is 3. The fourth-order valence-corrected chi connectivity index (χ4v) is 1.07. The van der Waals surface area contributed by atoms with Gasteiger partial charge in [-0.1, -0.05) is 0 Å². The van der Waals surface area contributed by atoms with Crippen molar-refractivity contribution in [2.45, 2.75) is 27.2 Å². The second-order valence-corrected chi connectivity index (χ2v) is 4.34. The highest BCUT2D eigenvalue weighted by Gasteiger charge is 2.28. The number of hydrogen-bond donors (Lipinski definition) is 2. The number of carbonyl (C=O) groups is 2. The Kier molecular flexibility index (Phi) is 6.03. The van der Waals surface area contributed by atoms with Crippen molar-refractivity contribution in [2.75, 3.05) is 19.6 Å². The van der Waals surface area contributed by atoms with Crippen LogP contribution in [0.3, 0.4) is 0 Å². The molecule has 0 unspecified atom stereocenters. The number of urea groups is 1. The monoisotopic (exact) mass is 241 g/mol. The molecule has 2 amide bonds. The van der Waals surface area contributed by atoms with Crippen LogP contribution in [0.25, 0.3) is 0 Å². The van der Waals surface area contributed by atoms with Crippen LogP contribution in [0.2, 0.25) is 0 Å². The third kappa shape index (κ3) is 5.20. The average Bonchev–Trinajstić information content (AvgIpc) is 2.27. The summed E-state index contributed by atoms with van der Waals surface area (Å²) in [4.78, 5) is 24.0. The van der Waals surface area contributed by atoms with E-state index >= 15 is 0 Å². The molecule has 17 heavy (non-hydrogen) atoms. The van der Waals surface area contributed by atoms with Crippen molar-refractivity contribution in [3.8, 4) is 6.07 Å². The second-order valence-electron chi connectivity index (χ2n) is 4.34. The standard InChI is InChI=1S/C11H19N3O3/c1-4-14(7-5-6-12)10(17)13-8-11(2,3)9(15)16/h4-5,7-8H2,1-3H3,(H,13,17)(H,15,16). The van der Waals surface area contributed by atoms with Crippen LogP contribution < -0.4 is 5.32 Å². The van der Waals surface area contributed by atoms with Crippen molar-refractivity contribution in [1.29, 1.82) is 5.26 Å². The quantitative estimate of drug-likeness (QED) is 0.726. The van der Waals surface area contributed by atoms with Gasteiger partial charge < -0.3 is 15.3 Å². The largest absolute Gasteiger partial charge is 0.481 e. The molecule has 6 heteroatoms. The van der Waals surface area contributed by atoms with Crippen LogP contribution in [0, 0.1) is 16.7 Å². The first kappa shape index (κ1) is 15.2. The first-order valence-electron chi connectivity index (χ1n) is 5.48. The number of carboxylic acid groups (broad SMARTS) is 1. The number of carbonyl (C=O) groups excluding carboxylic acids is 1. The number of nitriles is 1. The number of aliphatic carboxylic acids is 1. The Hall–Kier alpha value is -1.77. The minimum atomic E-state index is -0.996. The van der Waals surface area contributed by atoms with Crippen LogP contribution in [0.15, 0.2) is 0 Å². The topological polar surface area (TPSA) is 93.4 Å². The number of nitrogens with zero attached hydrogens (tertiary/aromatic N) is 2. The molecule has 0 fully saturated rings. The average molecular weight is 241 g/mol. The van der Waals surface area contributed by atoms with Crippen molar-refractivity contribution in [1.82, 2.24) is 10.2 Å². The number of carboxylic acids is 1. The molecule has 2 N–H and O–H groups in total. The van der Waals surface area contributed by atoms with Crippen molar-refractivity contribution in [3.63, 3.8) is 0 Å². The molecular weight excluding hydrogens is 222 g/mol. The van der Waals surface area contributed by atoms with Crippen LogP contribution >= 0.6 is 0 Å². The van der Waals surface area contributed by atoms with Gasteiger partial charge in [0.1, 0.15) is 0 Å². The molecule has 0 aliphatic carbocycles. The molecule has 0 bridgehead atoms. The van der Waals surface area contributed by atoms with Gasteiger partial charge in [0.15, 0.2) is 0 Å². The van der Waals surface area contributed by atoms with E-state index in [1.54, 1.807) is 20.8 Å². The van der Waals surface area contributed by atoms with Crippen LogP contribution in [-0.4, -0.2) is 41.6 Å². The van der Waals surface area contributed by atoms with Crippen LogP contribution in [0.5, 0.6) is 0 Å². The van der Waals surface area contributed by atoms with Gasteiger partial charge in [-0.3, -0.25) is 4.79 Å². The maximum Gasteiger partial charge on any atom is 0.317 e. The Bertz CT molecular complexity index is 320. The minimum Gasteiger partial charge on any atom is -0.481 e. The molecular formula is C11H19N3O3. The molecule has 0 aromatic carbocycles. The summed E-state index contributed by atoms with van der Waals surface area (Å²) in [5.74, 6) is -0.960. The summed E-state index contributed by atoms with van der Waals surface area (Å²) < 4.78 is 0. The van der Waals surface area contributed by atoms with Gasteiger partial charge in [0, 0.05) is 19.6 Å². The van der Waals surface area contributed by atoms with E-state index < -0.39 is 11.4 Å². The van der Waals surface area contributed by atoms with E-state index in [1.165, 1.54) is 4.90 Å². The number of nitrogens with one attached hydrogen (secondary N) is 1. The van der Waals surface area contributed by atoms with E-state index in [0.29, 0.717) is 13.1 Å². The van der Waals surface area contributed by atoms with Gasteiger partial charge in [-0.15, -0.1) is 0 Å². The summed E-state index contributed by atoms with van der Waals surface area (Å²) in [6, 6.07) is 1.63. The summed E-state index contributed by atoms with van der Waals surface area (Å²) in [6.07, 6.45) is 0.267. The fourth-order valence-electron chi connectivity index (χ4n) is 1.07. The Morgan fingerprint density at radius 1 is 1.47 bits per heavy atom. The molecule has 0 aromatic heterocycles. The molecule has 0 heterocycles. The maximum absolute atomic E-state index is 11.7. The van der Waals surface area contributed by atoms with Crippen LogP contribution in [-0.2, 0) is 4.79 Å². The van der Waals surface area contributed by atoms with Crippen molar-refractivity contribution < 1.29 is 14.7 Å². The van der Waals surface area contributed by atoms with Crippen LogP contribution in [0.1, 0.15) is 27.2 Å². The highest BCUT2D eigenvalue weighted by atomic mass is 16.4. The molecule has 0 saturated heterocycles. The zero-order valence-corrected chi connectivity index (χ0v) is 10.5. The van der Waals surface area contributed by atoms with Gasteiger partial charge in [-0.25, -0.2) is 4.79 Å². The van der Waals surface area contributed by atoms with Crippen molar-refractivity contribution in [3.05, 3.63) is 0 Å². The van der Waals surface area contributed by atoms with Crippen molar-refractivity contribution in [2.24, 2.45) is 5.41 Å². The summed E-state index contributed by atoms with van der Waals surface area (Å²) in [6.45, 7) is 5.79. The smallest absolute Gasteiger partial charge is 0.317 e. The zero-order valence-electron chi connectivity index (χ0n) is 10.5. The van der Waals surface area contributed by atoms with Gasteiger partial charge in [-0.2, -0.15) is 5.26 Å². The molecule has 0 aliphatic rings. The molecule has 6 nitrogen and oxygen atoms in total. The predicted molar refractivity (Wildman–Crippen MR) is 62.3 cm³/mol. The molecule has 0 rings (SSSR count). The minimum absolute atomic E-state index is 0.0597. The predicted octanol–water partition coefficient (Wildman–Crippen LogP) is 1.04. The summed E-state index contributed by atoms with van der Waals surface area (Å²) in [5, 5.41) is 19.9. The van der Waals surface area contributed by atoms with E-state index in [0.717, 1.165) is 0 Å². The molecule has 0 atom stereocenters. The third-order valence-corrected chi connectivity index (χ3v) is 2.42. The highest BCUT2D eigenvalue weighted by molar-refractivity contribution is 5.77. The molecule has 0 aromatic rings. The van der Waals surface area contributed by atoms with Gasteiger partial charge in [0.25, 0.3) is 0 Å². The Morgan fingerprint density at radius 3 is 2.47 bits per heavy atom. The van der Waals surface area contributed by atoms with Gasteiger partial charge in [0.05, 0.1) is 17.9 Å². The maximum atomic E-state index is 11.7. The lowest BCUT2D eigenvalue weighted by Crippen LogP contribution is -2.45. The van der Waals surface area contributed by atoms with Crippen molar-refractivity contribution >= 4 is 12.0 Å². The Balaban J connectivity index is 4.25. The lowest BCUT2D eigenvalue weighted by atomic mass is 9.94. The van der Waals surface area contributed by atoms with E-state index in [9.17, 15) is 9.59 Å². The zero-order chi connectivity index (χ0) is 13.5. The SMILES string of the molecule is CCN(CCC#N)C(=O)NCC(C)(C)C(=O)O. The molecule has 0 saturated carbocycles. The van der Waals surface area contributed by atoms with Gasteiger partial charge in [-0.05, 0) is 20.8 Å². The second kappa shape index (κ2) is 6.74. The first-order chi connectivity index (χ1) is 7.85. The summed E-state index contributed by atoms with van der Waals surface area (Å²) in [7, 11) is 0. The van der Waals surface area contributed by atoms with Crippen LogP contribution in [0.4, 0.5) is 4.79 Å². The van der Waals surface area contributed by atoms with E-state index in [1.807, 2.05) is 6.07 Å². The van der Waals surface area contributed by atoms with Gasteiger partial charge >= 0.3 is 12.0 Å². The molecule has 0 aliphatic heterocycles. The highest BCUT2D eigenvalue weighted by Crippen LogP contribution is 2.13. The van der Waals surface area contributed by atoms with E-state index in [-0.39, 0.29) is 19.0 Å². The molecule has 0 radical (unpaired) electrons. The molecule has 0 spiro atoms. The van der Waals surface area contributed by atoms with E-state index in [4.69, 9.17) is 10.4 Å². The first-order valence-corrected chi connectivity index (χ1v) is 5.48.